The molecule has 1 fully saturated rings. The Morgan fingerprint density at radius 2 is 1.67 bits per heavy atom. The van der Waals surface area contributed by atoms with Crippen LogP contribution in [0.5, 0.6) is 0 Å². The van der Waals surface area contributed by atoms with E-state index < -0.39 is 7.60 Å². The smallest absolute Gasteiger partial charge is 0.306 e. The molecule has 1 saturated heterocycles. The van der Waals surface area contributed by atoms with E-state index in [1.165, 1.54) is 0 Å². The van der Waals surface area contributed by atoms with Gasteiger partial charge in [-0.25, -0.2) is 0 Å². The van der Waals surface area contributed by atoms with Crippen LogP contribution in [-0.2, 0) is 23.2 Å². The first kappa shape index (κ1) is 15.1. The van der Waals surface area contributed by atoms with Crippen molar-refractivity contribution in [2.24, 2.45) is 0 Å². The van der Waals surface area contributed by atoms with Crippen LogP contribution in [0, 0.1) is 0 Å². The fourth-order valence-corrected chi connectivity index (χ4v) is 3.06. The molecule has 0 atom stereocenters. The van der Waals surface area contributed by atoms with E-state index in [2.05, 4.69) is 6.58 Å². The van der Waals surface area contributed by atoms with Crippen LogP contribution in [0.1, 0.15) is 26.7 Å². The Morgan fingerprint density at radius 3 is 2.06 bits per heavy atom. The van der Waals surface area contributed by atoms with E-state index in [9.17, 15) is 14.2 Å². The van der Waals surface area contributed by atoms with Gasteiger partial charge in [-0.05, 0) is 13.8 Å². The van der Waals surface area contributed by atoms with E-state index in [-0.39, 0.29) is 49.7 Å². The number of imide groups is 1. The lowest BCUT2D eigenvalue weighted by molar-refractivity contribution is -0.137. The number of amides is 2. The molecule has 1 aliphatic heterocycles. The van der Waals surface area contributed by atoms with Gasteiger partial charge in [0.2, 0.25) is 11.8 Å². The summed E-state index contributed by atoms with van der Waals surface area (Å²) >= 11 is 0. The maximum absolute atomic E-state index is 12.3. The highest BCUT2D eigenvalue weighted by atomic mass is 31.2. The summed E-state index contributed by atoms with van der Waals surface area (Å²) in [5.41, 5.74) is 0. The minimum absolute atomic E-state index is 0.102. The van der Waals surface area contributed by atoms with Gasteiger partial charge in [-0.15, -0.1) is 0 Å². The first-order valence-electron chi connectivity index (χ1n) is 5.85. The van der Waals surface area contributed by atoms with Crippen molar-refractivity contribution in [3.8, 4) is 0 Å². The highest BCUT2D eigenvalue weighted by molar-refractivity contribution is 7.58. The Hall–Kier alpha value is -0.970. The number of hydrogen-bond acceptors (Lipinski definition) is 5. The number of hydrogen-bond donors (Lipinski definition) is 0. The van der Waals surface area contributed by atoms with Crippen LogP contribution >= 0.6 is 7.60 Å². The SMILES string of the molecule is C=C(CN1C(=O)CCC1=O)P(=O)(OCC)OCC. The summed E-state index contributed by atoms with van der Waals surface area (Å²) < 4.78 is 22.5. The van der Waals surface area contributed by atoms with Crippen molar-refractivity contribution in [3.05, 3.63) is 11.9 Å². The summed E-state index contributed by atoms with van der Waals surface area (Å²) in [4.78, 5) is 24.0. The second-order valence-electron chi connectivity index (χ2n) is 3.77. The standard InChI is InChI=1S/C11H18NO5P/c1-4-16-18(15,17-5-2)9(3)8-12-10(13)6-7-11(12)14/h3-8H2,1-2H3. The molecule has 0 aromatic rings. The van der Waals surface area contributed by atoms with E-state index in [1.54, 1.807) is 13.8 Å². The second kappa shape index (κ2) is 6.27. The zero-order valence-corrected chi connectivity index (χ0v) is 11.6. The normalized spacial score (nSPS) is 16.4. The van der Waals surface area contributed by atoms with Crippen molar-refractivity contribution < 1.29 is 23.2 Å². The number of likely N-dealkylation sites (tertiary alicyclic amines) is 1. The van der Waals surface area contributed by atoms with Gasteiger partial charge in [-0.2, -0.15) is 0 Å². The summed E-state index contributed by atoms with van der Waals surface area (Å²) in [5, 5.41) is 0.134. The van der Waals surface area contributed by atoms with Gasteiger partial charge >= 0.3 is 7.60 Å². The van der Waals surface area contributed by atoms with Crippen LogP contribution in [0.25, 0.3) is 0 Å². The van der Waals surface area contributed by atoms with Crippen LogP contribution in [0.4, 0.5) is 0 Å². The van der Waals surface area contributed by atoms with Gasteiger partial charge in [0.15, 0.2) is 0 Å². The molecule has 102 valence electrons. The molecule has 0 aliphatic carbocycles. The Labute approximate surface area is 106 Å². The Bertz CT molecular complexity index is 380. The Balaban J connectivity index is 2.76. The maximum Gasteiger partial charge on any atom is 0.358 e. The lowest BCUT2D eigenvalue weighted by atomic mass is 10.4. The van der Waals surface area contributed by atoms with Gasteiger partial charge in [0.1, 0.15) is 0 Å². The third kappa shape index (κ3) is 3.28. The van der Waals surface area contributed by atoms with E-state index in [1.807, 2.05) is 0 Å². The van der Waals surface area contributed by atoms with E-state index in [0.29, 0.717) is 0 Å². The van der Waals surface area contributed by atoms with Crippen molar-refractivity contribution in [2.75, 3.05) is 19.8 Å². The van der Waals surface area contributed by atoms with E-state index in [0.717, 1.165) is 4.90 Å². The molecule has 18 heavy (non-hydrogen) atoms. The molecule has 0 bridgehead atoms. The van der Waals surface area contributed by atoms with Crippen molar-refractivity contribution in [1.82, 2.24) is 4.90 Å². The monoisotopic (exact) mass is 275 g/mol. The van der Waals surface area contributed by atoms with Gasteiger partial charge in [0.05, 0.1) is 25.1 Å². The predicted octanol–water partition coefficient (Wildman–Crippen LogP) is 1.92. The van der Waals surface area contributed by atoms with E-state index >= 15 is 0 Å². The van der Waals surface area contributed by atoms with Crippen LogP contribution in [0.15, 0.2) is 11.9 Å². The molecule has 0 spiro atoms. The summed E-state index contributed by atoms with van der Waals surface area (Å²) in [6, 6.07) is 0. The molecule has 6 nitrogen and oxygen atoms in total. The number of carbonyl (C=O) groups excluding carboxylic acids is 2. The first-order chi connectivity index (χ1) is 8.44. The number of carbonyl (C=O) groups is 2. The highest BCUT2D eigenvalue weighted by Gasteiger charge is 2.35. The van der Waals surface area contributed by atoms with Gasteiger partial charge in [0, 0.05) is 12.8 Å². The van der Waals surface area contributed by atoms with Crippen LogP contribution in [0.2, 0.25) is 0 Å². The molecule has 0 N–H and O–H groups in total. The lowest BCUT2D eigenvalue weighted by Crippen LogP contribution is -2.31. The van der Waals surface area contributed by atoms with Gasteiger partial charge in [-0.1, -0.05) is 6.58 Å². The first-order valence-corrected chi connectivity index (χ1v) is 7.39. The molecule has 0 unspecified atom stereocenters. The Morgan fingerprint density at radius 1 is 1.22 bits per heavy atom. The van der Waals surface area contributed by atoms with Crippen LogP contribution in [-0.4, -0.2) is 36.5 Å². The average Bonchev–Trinajstić information content (AvgIpc) is 2.61. The van der Waals surface area contributed by atoms with Gasteiger partial charge in [-0.3, -0.25) is 19.1 Å². The molecule has 1 rings (SSSR count). The van der Waals surface area contributed by atoms with Crippen molar-refractivity contribution >= 4 is 19.4 Å². The number of rotatable bonds is 7. The second-order valence-corrected chi connectivity index (χ2v) is 5.92. The summed E-state index contributed by atoms with van der Waals surface area (Å²) in [7, 11) is -3.46. The lowest BCUT2D eigenvalue weighted by Gasteiger charge is -2.22. The summed E-state index contributed by atoms with van der Waals surface area (Å²) in [6.45, 7) is 7.32. The van der Waals surface area contributed by atoms with Crippen molar-refractivity contribution in [1.29, 1.82) is 0 Å². The molecular formula is C11H18NO5P. The molecule has 1 heterocycles. The van der Waals surface area contributed by atoms with Crippen molar-refractivity contribution in [2.45, 2.75) is 26.7 Å². The minimum Gasteiger partial charge on any atom is -0.306 e. The molecule has 0 radical (unpaired) electrons. The fourth-order valence-electron chi connectivity index (χ4n) is 1.63. The summed E-state index contributed by atoms with van der Waals surface area (Å²) in [5.74, 6) is -0.554. The molecule has 7 heteroatoms. The molecular weight excluding hydrogens is 257 g/mol. The third-order valence-corrected chi connectivity index (χ3v) is 4.59. The maximum atomic E-state index is 12.3. The van der Waals surface area contributed by atoms with Crippen molar-refractivity contribution in [3.63, 3.8) is 0 Å². The third-order valence-electron chi connectivity index (χ3n) is 2.48. The molecule has 0 aromatic carbocycles. The zero-order valence-electron chi connectivity index (χ0n) is 10.7. The highest BCUT2D eigenvalue weighted by Crippen LogP contribution is 2.55. The fraction of sp³-hybridized carbons (Fsp3) is 0.636. The van der Waals surface area contributed by atoms with Gasteiger partial charge < -0.3 is 9.05 Å². The topological polar surface area (TPSA) is 72.9 Å². The average molecular weight is 275 g/mol. The van der Waals surface area contributed by atoms with Gasteiger partial charge in [0.25, 0.3) is 0 Å². The quantitative estimate of drug-likeness (QED) is 0.524. The largest absolute Gasteiger partial charge is 0.358 e. The molecule has 0 saturated carbocycles. The van der Waals surface area contributed by atoms with Crippen LogP contribution in [0.3, 0.4) is 0 Å². The molecule has 0 aromatic heterocycles. The van der Waals surface area contributed by atoms with Crippen LogP contribution < -0.4 is 0 Å². The summed E-state index contributed by atoms with van der Waals surface area (Å²) in [6.07, 6.45) is 0.388. The van der Waals surface area contributed by atoms with E-state index in [4.69, 9.17) is 9.05 Å². The minimum atomic E-state index is -3.46. The molecule has 2 amide bonds. The number of nitrogens with zero attached hydrogens (tertiary/aromatic N) is 1. The zero-order chi connectivity index (χ0) is 13.8. The Kier molecular flexibility index (Phi) is 5.26. The predicted molar refractivity (Wildman–Crippen MR) is 66.0 cm³/mol. The molecule has 1 aliphatic rings.